The highest BCUT2D eigenvalue weighted by molar-refractivity contribution is 6.17. The molecule has 0 atom stereocenters. The van der Waals surface area contributed by atoms with Crippen LogP contribution in [0.4, 0.5) is 5.69 Å². The molecule has 2 aromatic carbocycles. The molecule has 0 saturated carbocycles. The predicted molar refractivity (Wildman–Crippen MR) is 109 cm³/mol. The van der Waals surface area contributed by atoms with Gasteiger partial charge in [-0.3, -0.25) is 9.88 Å². The van der Waals surface area contributed by atoms with Crippen LogP contribution in [-0.2, 0) is 4.74 Å². The molecule has 0 spiro atoms. The summed E-state index contributed by atoms with van der Waals surface area (Å²) < 4.78 is 11.6. The van der Waals surface area contributed by atoms with Crippen LogP contribution in [-0.4, -0.2) is 49.3 Å². The third kappa shape index (κ3) is 3.13. The van der Waals surface area contributed by atoms with Gasteiger partial charge in [0.15, 0.2) is 0 Å². The van der Waals surface area contributed by atoms with E-state index in [4.69, 9.17) is 9.15 Å². The van der Waals surface area contributed by atoms with E-state index in [1.54, 1.807) is 0 Å². The molecule has 27 heavy (non-hydrogen) atoms. The van der Waals surface area contributed by atoms with Crippen LogP contribution in [0, 0.1) is 0 Å². The number of hydrogen-bond acceptors (Lipinski definition) is 5. The number of rotatable bonds is 5. The van der Waals surface area contributed by atoms with Crippen LogP contribution < -0.4 is 5.32 Å². The van der Waals surface area contributed by atoms with E-state index in [0.717, 1.165) is 84.3 Å². The molecule has 1 saturated heterocycles. The van der Waals surface area contributed by atoms with E-state index in [0.29, 0.717) is 0 Å². The Morgan fingerprint density at radius 3 is 2.78 bits per heavy atom. The van der Waals surface area contributed by atoms with Crippen LogP contribution in [0.1, 0.15) is 6.42 Å². The van der Waals surface area contributed by atoms with E-state index in [-0.39, 0.29) is 0 Å². The van der Waals surface area contributed by atoms with Crippen molar-refractivity contribution >= 4 is 38.5 Å². The van der Waals surface area contributed by atoms with E-state index in [1.807, 2.05) is 24.4 Å². The molecule has 0 amide bonds. The van der Waals surface area contributed by atoms with E-state index >= 15 is 0 Å². The van der Waals surface area contributed by atoms with Gasteiger partial charge in [-0.15, -0.1) is 0 Å². The van der Waals surface area contributed by atoms with Gasteiger partial charge in [0.25, 0.3) is 0 Å². The summed E-state index contributed by atoms with van der Waals surface area (Å²) in [5.74, 6) is 0. The zero-order chi connectivity index (χ0) is 18.1. The molecular weight excluding hydrogens is 338 g/mol. The molecule has 1 aliphatic rings. The van der Waals surface area contributed by atoms with Crippen molar-refractivity contribution in [3.05, 3.63) is 48.7 Å². The number of para-hydroxylation sites is 1. The molecule has 5 nitrogen and oxygen atoms in total. The van der Waals surface area contributed by atoms with Crippen LogP contribution in [0.15, 0.2) is 53.1 Å². The molecule has 1 fully saturated rings. The fourth-order valence-corrected chi connectivity index (χ4v) is 3.91. The third-order valence-corrected chi connectivity index (χ3v) is 5.30. The van der Waals surface area contributed by atoms with Crippen molar-refractivity contribution in [1.29, 1.82) is 0 Å². The summed E-state index contributed by atoms with van der Waals surface area (Å²) in [4.78, 5) is 7.09. The molecule has 5 heteroatoms. The van der Waals surface area contributed by atoms with E-state index in [2.05, 4.69) is 39.5 Å². The summed E-state index contributed by atoms with van der Waals surface area (Å²) in [5.41, 5.74) is 3.88. The average Bonchev–Trinajstić information content (AvgIpc) is 3.11. The summed E-state index contributed by atoms with van der Waals surface area (Å²) in [6, 6.07) is 14.4. The summed E-state index contributed by atoms with van der Waals surface area (Å²) in [6.45, 7) is 5.80. The molecule has 0 unspecified atom stereocenters. The van der Waals surface area contributed by atoms with Gasteiger partial charge in [-0.2, -0.15) is 0 Å². The Morgan fingerprint density at radius 2 is 1.85 bits per heavy atom. The van der Waals surface area contributed by atoms with Crippen molar-refractivity contribution < 1.29 is 9.15 Å². The van der Waals surface area contributed by atoms with Crippen LogP contribution >= 0.6 is 0 Å². The highest BCUT2D eigenvalue weighted by atomic mass is 16.5. The van der Waals surface area contributed by atoms with Crippen molar-refractivity contribution in [3.63, 3.8) is 0 Å². The number of ether oxygens (including phenoxy) is 1. The maximum atomic E-state index is 6.14. The molecule has 138 valence electrons. The molecule has 3 heterocycles. The first-order valence-corrected chi connectivity index (χ1v) is 9.63. The quantitative estimate of drug-likeness (QED) is 0.538. The standard InChI is InChI=1S/C22H23N3O2/c1-2-7-20-16(5-1)18-15-19(21-17(22(18)27-20)6-3-8-24-21)23-9-4-10-25-11-13-26-14-12-25/h1-3,5-8,15,23H,4,9-14H2. The summed E-state index contributed by atoms with van der Waals surface area (Å²) in [5, 5.41) is 6.96. The van der Waals surface area contributed by atoms with Crippen molar-refractivity contribution in [1.82, 2.24) is 9.88 Å². The number of morpholine rings is 1. The zero-order valence-corrected chi connectivity index (χ0v) is 15.3. The number of pyridine rings is 1. The van der Waals surface area contributed by atoms with Gasteiger partial charge in [0, 0.05) is 42.0 Å². The van der Waals surface area contributed by atoms with E-state index < -0.39 is 0 Å². The highest BCUT2D eigenvalue weighted by Crippen LogP contribution is 2.36. The fraction of sp³-hybridized carbons (Fsp3) is 0.318. The number of nitrogens with zero attached hydrogens (tertiary/aromatic N) is 2. The third-order valence-electron chi connectivity index (χ3n) is 5.30. The SMILES string of the molecule is c1ccc2c(c1)oc1c3cccnc3c(NCCCN3CCOCC3)cc21. The molecule has 2 aromatic heterocycles. The number of aromatic nitrogens is 1. The van der Waals surface area contributed by atoms with Gasteiger partial charge in [0.05, 0.1) is 24.4 Å². The summed E-state index contributed by atoms with van der Waals surface area (Å²) in [6.07, 6.45) is 2.94. The maximum absolute atomic E-state index is 6.14. The van der Waals surface area contributed by atoms with Crippen molar-refractivity contribution in [2.45, 2.75) is 6.42 Å². The number of nitrogens with one attached hydrogen (secondary N) is 1. The smallest absolute Gasteiger partial charge is 0.144 e. The first-order chi connectivity index (χ1) is 13.4. The van der Waals surface area contributed by atoms with Gasteiger partial charge in [0.1, 0.15) is 11.2 Å². The molecule has 0 bridgehead atoms. The molecule has 4 aromatic rings. The Labute approximate surface area is 157 Å². The number of furan rings is 1. The average molecular weight is 361 g/mol. The Bertz CT molecular complexity index is 1080. The molecule has 1 N–H and O–H groups in total. The molecule has 0 aliphatic carbocycles. The Kier molecular flexibility index (Phi) is 4.40. The summed E-state index contributed by atoms with van der Waals surface area (Å²) in [7, 11) is 0. The topological polar surface area (TPSA) is 50.5 Å². The van der Waals surface area contributed by atoms with Crippen LogP contribution in [0.25, 0.3) is 32.8 Å². The molecule has 5 rings (SSSR count). The first-order valence-electron chi connectivity index (χ1n) is 9.63. The Balaban J connectivity index is 1.44. The van der Waals surface area contributed by atoms with Gasteiger partial charge in [-0.25, -0.2) is 0 Å². The van der Waals surface area contributed by atoms with Gasteiger partial charge in [0.2, 0.25) is 0 Å². The predicted octanol–water partition coefficient (Wildman–Crippen LogP) is 4.27. The van der Waals surface area contributed by atoms with Crippen molar-refractivity contribution in [3.8, 4) is 0 Å². The van der Waals surface area contributed by atoms with Crippen LogP contribution in [0.2, 0.25) is 0 Å². The largest absolute Gasteiger partial charge is 0.455 e. The lowest BCUT2D eigenvalue weighted by Gasteiger charge is -2.26. The van der Waals surface area contributed by atoms with Gasteiger partial charge in [-0.1, -0.05) is 18.2 Å². The second kappa shape index (κ2) is 7.18. The maximum Gasteiger partial charge on any atom is 0.144 e. The zero-order valence-electron chi connectivity index (χ0n) is 15.3. The fourth-order valence-electron chi connectivity index (χ4n) is 3.91. The van der Waals surface area contributed by atoms with Crippen molar-refractivity contribution in [2.24, 2.45) is 0 Å². The number of benzene rings is 2. The molecule has 0 radical (unpaired) electrons. The Hall–Kier alpha value is -2.63. The first kappa shape index (κ1) is 16.5. The number of hydrogen-bond donors (Lipinski definition) is 1. The second-order valence-electron chi connectivity index (χ2n) is 7.03. The Morgan fingerprint density at radius 1 is 1.00 bits per heavy atom. The van der Waals surface area contributed by atoms with E-state index in [9.17, 15) is 0 Å². The number of fused-ring (bicyclic) bond motifs is 5. The molecular formula is C22H23N3O2. The summed E-state index contributed by atoms with van der Waals surface area (Å²) >= 11 is 0. The lowest BCUT2D eigenvalue weighted by Crippen LogP contribution is -2.37. The van der Waals surface area contributed by atoms with Crippen molar-refractivity contribution in [2.75, 3.05) is 44.7 Å². The minimum Gasteiger partial charge on any atom is -0.455 e. The van der Waals surface area contributed by atoms with Gasteiger partial charge < -0.3 is 14.5 Å². The normalized spacial score (nSPS) is 15.7. The van der Waals surface area contributed by atoms with E-state index in [1.165, 1.54) is 0 Å². The van der Waals surface area contributed by atoms with Crippen LogP contribution in [0.5, 0.6) is 0 Å². The minimum atomic E-state index is 0.853. The van der Waals surface area contributed by atoms with Gasteiger partial charge in [-0.05, 0) is 37.2 Å². The van der Waals surface area contributed by atoms with Gasteiger partial charge >= 0.3 is 0 Å². The number of anilines is 1. The van der Waals surface area contributed by atoms with Crippen LogP contribution in [0.3, 0.4) is 0 Å². The highest BCUT2D eigenvalue weighted by Gasteiger charge is 2.14. The monoisotopic (exact) mass is 361 g/mol. The lowest BCUT2D eigenvalue weighted by molar-refractivity contribution is 0.0378. The minimum absolute atomic E-state index is 0.853. The lowest BCUT2D eigenvalue weighted by atomic mass is 10.1. The second-order valence-corrected chi connectivity index (χ2v) is 7.03. The molecule has 1 aliphatic heterocycles.